The molecule has 1 saturated heterocycles. The van der Waals surface area contributed by atoms with Crippen molar-refractivity contribution in [2.45, 2.75) is 38.9 Å². The van der Waals surface area contributed by atoms with E-state index < -0.39 is 17.3 Å². The molecular weight excluding hydrogens is 393 g/mol. The number of nitriles is 1. The summed E-state index contributed by atoms with van der Waals surface area (Å²) in [7, 11) is 0. The fourth-order valence-corrected chi connectivity index (χ4v) is 3.93. The maximum absolute atomic E-state index is 13.6. The van der Waals surface area contributed by atoms with E-state index in [-0.39, 0.29) is 17.6 Å². The maximum atomic E-state index is 13.6. The molecule has 4 rings (SSSR count). The van der Waals surface area contributed by atoms with Crippen molar-refractivity contribution in [3.8, 4) is 11.8 Å². The average Bonchev–Trinajstić information content (AvgIpc) is 3.35. The summed E-state index contributed by atoms with van der Waals surface area (Å²) in [6.07, 6.45) is -1.62. The van der Waals surface area contributed by atoms with Crippen molar-refractivity contribution in [1.29, 1.82) is 5.26 Å². The van der Waals surface area contributed by atoms with E-state index in [4.69, 9.17) is 0 Å². The molecule has 30 heavy (non-hydrogen) atoms. The first-order valence-electron chi connectivity index (χ1n) is 9.52. The molecule has 154 valence electrons. The fourth-order valence-electron chi connectivity index (χ4n) is 3.93. The van der Waals surface area contributed by atoms with E-state index in [1.165, 1.54) is 6.92 Å². The van der Waals surface area contributed by atoms with Crippen LogP contribution in [0, 0.1) is 25.2 Å². The minimum Gasteiger partial charge on any atom is -0.345 e. The van der Waals surface area contributed by atoms with E-state index in [0.717, 1.165) is 23.7 Å². The molecule has 0 radical (unpaired) electrons. The Morgan fingerprint density at radius 2 is 2.00 bits per heavy atom. The molecule has 1 atom stereocenters. The van der Waals surface area contributed by atoms with E-state index in [1.807, 2.05) is 35.8 Å². The molecular formula is C21H19F3N6. The monoisotopic (exact) mass is 412 g/mol. The summed E-state index contributed by atoms with van der Waals surface area (Å²) in [4.78, 5) is 6.07. The van der Waals surface area contributed by atoms with Crippen LogP contribution in [0.1, 0.15) is 47.1 Å². The van der Waals surface area contributed by atoms with Gasteiger partial charge in [-0.2, -0.15) is 18.4 Å². The Hall–Kier alpha value is -3.41. The van der Waals surface area contributed by atoms with Crippen molar-refractivity contribution in [2.24, 2.45) is 0 Å². The molecule has 3 heterocycles. The second-order valence-electron chi connectivity index (χ2n) is 7.37. The Labute approximate surface area is 171 Å². The standard InChI is InChI=1S/C21H19F3N6/c1-13-5-3-6-15(9-13)30-12-26-28-20(30)18-7-4-8-29(18)19-16(11-25)17(21(22,23)24)10-14(2)27-19/h3,5-6,9-10,12,18H,4,7-8H2,1-2H3/t18-/m0/s1. The molecule has 6 nitrogen and oxygen atoms in total. The molecule has 1 aliphatic rings. The number of hydrogen-bond donors (Lipinski definition) is 0. The molecule has 0 amide bonds. The predicted octanol–water partition coefficient (Wildman–Crippen LogP) is 4.51. The topological polar surface area (TPSA) is 70.6 Å². The smallest absolute Gasteiger partial charge is 0.345 e. The highest BCUT2D eigenvalue weighted by Crippen LogP contribution is 2.41. The quantitative estimate of drug-likeness (QED) is 0.633. The van der Waals surface area contributed by atoms with Crippen LogP contribution in [0.15, 0.2) is 36.7 Å². The zero-order valence-corrected chi connectivity index (χ0v) is 16.5. The van der Waals surface area contributed by atoms with Crippen molar-refractivity contribution in [1.82, 2.24) is 19.7 Å². The van der Waals surface area contributed by atoms with Gasteiger partial charge in [0.2, 0.25) is 0 Å². The van der Waals surface area contributed by atoms with Crippen molar-refractivity contribution < 1.29 is 13.2 Å². The Morgan fingerprint density at radius 3 is 2.70 bits per heavy atom. The van der Waals surface area contributed by atoms with Gasteiger partial charge < -0.3 is 4.90 Å². The minimum absolute atomic E-state index is 0.0473. The highest BCUT2D eigenvalue weighted by Gasteiger charge is 2.39. The van der Waals surface area contributed by atoms with Gasteiger partial charge in [0.1, 0.15) is 23.8 Å². The third-order valence-electron chi connectivity index (χ3n) is 5.22. The van der Waals surface area contributed by atoms with Crippen LogP contribution in [0.2, 0.25) is 0 Å². The summed E-state index contributed by atoms with van der Waals surface area (Å²) < 4.78 is 42.5. The van der Waals surface area contributed by atoms with Gasteiger partial charge in [-0.25, -0.2) is 4.98 Å². The number of benzene rings is 1. The average molecular weight is 412 g/mol. The van der Waals surface area contributed by atoms with Gasteiger partial charge in [0.15, 0.2) is 5.82 Å². The molecule has 0 saturated carbocycles. The zero-order valence-electron chi connectivity index (χ0n) is 16.5. The lowest BCUT2D eigenvalue weighted by molar-refractivity contribution is -0.137. The molecule has 1 fully saturated rings. The minimum atomic E-state index is -4.63. The largest absolute Gasteiger partial charge is 0.417 e. The summed E-state index contributed by atoms with van der Waals surface area (Å²) in [5, 5.41) is 17.9. The Morgan fingerprint density at radius 1 is 1.20 bits per heavy atom. The lowest BCUT2D eigenvalue weighted by atomic mass is 10.1. The van der Waals surface area contributed by atoms with Gasteiger partial charge in [-0.05, 0) is 50.5 Å². The van der Waals surface area contributed by atoms with Gasteiger partial charge in [-0.3, -0.25) is 4.57 Å². The number of alkyl halides is 3. The van der Waals surface area contributed by atoms with E-state index in [9.17, 15) is 18.4 Å². The molecule has 1 aliphatic heterocycles. The van der Waals surface area contributed by atoms with Crippen LogP contribution in [0.3, 0.4) is 0 Å². The van der Waals surface area contributed by atoms with Crippen LogP contribution in [-0.4, -0.2) is 26.3 Å². The number of aryl methyl sites for hydroxylation is 2. The van der Waals surface area contributed by atoms with Crippen molar-refractivity contribution >= 4 is 5.82 Å². The number of nitrogens with zero attached hydrogens (tertiary/aromatic N) is 6. The SMILES string of the molecule is Cc1cccc(-n2cnnc2[C@@H]2CCCN2c2nc(C)cc(C(F)(F)F)c2C#N)c1. The van der Waals surface area contributed by atoms with Crippen molar-refractivity contribution in [3.63, 3.8) is 0 Å². The van der Waals surface area contributed by atoms with Crippen LogP contribution in [0.4, 0.5) is 19.0 Å². The highest BCUT2D eigenvalue weighted by atomic mass is 19.4. The number of aromatic nitrogens is 4. The summed E-state index contributed by atoms with van der Waals surface area (Å²) >= 11 is 0. The van der Waals surface area contributed by atoms with Gasteiger partial charge >= 0.3 is 6.18 Å². The Balaban J connectivity index is 1.82. The number of hydrogen-bond acceptors (Lipinski definition) is 5. The zero-order chi connectivity index (χ0) is 21.5. The normalized spacial score (nSPS) is 16.7. The number of rotatable bonds is 3. The van der Waals surface area contributed by atoms with Gasteiger partial charge in [-0.15, -0.1) is 10.2 Å². The van der Waals surface area contributed by atoms with E-state index in [1.54, 1.807) is 17.3 Å². The number of halogens is 3. The molecule has 9 heteroatoms. The number of anilines is 1. The van der Waals surface area contributed by atoms with Crippen LogP contribution in [0.25, 0.3) is 5.69 Å². The second-order valence-corrected chi connectivity index (χ2v) is 7.37. The number of pyridine rings is 1. The lowest BCUT2D eigenvalue weighted by Crippen LogP contribution is -2.28. The highest BCUT2D eigenvalue weighted by molar-refractivity contribution is 5.60. The molecule has 0 aliphatic carbocycles. The van der Waals surface area contributed by atoms with Gasteiger partial charge in [0.05, 0.1) is 11.6 Å². The predicted molar refractivity (Wildman–Crippen MR) is 104 cm³/mol. The summed E-state index contributed by atoms with van der Waals surface area (Å²) in [5.74, 6) is 0.657. The molecule has 0 unspecified atom stereocenters. The molecule has 0 bridgehead atoms. The van der Waals surface area contributed by atoms with Crippen LogP contribution < -0.4 is 4.90 Å². The first kappa shape index (κ1) is 19.9. The maximum Gasteiger partial charge on any atom is 0.417 e. The van der Waals surface area contributed by atoms with Crippen molar-refractivity contribution in [3.05, 3.63) is 64.9 Å². The fraction of sp³-hybridized carbons (Fsp3) is 0.333. The third-order valence-corrected chi connectivity index (χ3v) is 5.22. The van der Waals surface area contributed by atoms with Crippen LogP contribution in [0.5, 0.6) is 0 Å². The van der Waals surface area contributed by atoms with Crippen LogP contribution in [-0.2, 0) is 6.18 Å². The molecule has 0 N–H and O–H groups in total. The second kappa shape index (κ2) is 7.44. The Bertz CT molecular complexity index is 1130. The molecule has 0 spiro atoms. The summed E-state index contributed by atoms with van der Waals surface area (Å²) in [5.41, 5.74) is 0.731. The summed E-state index contributed by atoms with van der Waals surface area (Å²) in [6.45, 7) is 3.96. The van der Waals surface area contributed by atoms with Gasteiger partial charge in [-0.1, -0.05) is 12.1 Å². The van der Waals surface area contributed by atoms with Crippen LogP contribution >= 0.6 is 0 Å². The Kier molecular flexibility index (Phi) is 4.94. The van der Waals surface area contributed by atoms with Crippen molar-refractivity contribution in [2.75, 3.05) is 11.4 Å². The van der Waals surface area contributed by atoms with E-state index in [2.05, 4.69) is 15.2 Å². The van der Waals surface area contributed by atoms with E-state index in [0.29, 0.717) is 18.8 Å². The summed E-state index contributed by atoms with van der Waals surface area (Å²) in [6, 6.07) is 10.1. The molecule has 2 aromatic heterocycles. The third kappa shape index (κ3) is 3.49. The lowest BCUT2D eigenvalue weighted by Gasteiger charge is -2.27. The first-order chi connectivity index (χ1) is 14.3. The first-order valence-corrected chi connectivity index (χ1v) is 9.52. The molecule has 3 aromatic rings. The molecule has 1 aromatic carbocycles. The van der Waals surface area contributed by atoms with Gasteiger partial charge in [0.25, 0.3) is 0 Å². The van der Waals surface area contributed by atoms with E-state index >= 15 is 0 Å². The van der Waals surface area contributed by atoms with Gasteiger partial charge in [0, 0.05) is 17.9 Å².